The summed E-state index contributed by atoms with van der Waals surface area (Å²) in [5, 5.41) is 3.54. The molecule has 0 saturated carbocycles. The van der Waals surface area contributed by atoms with Gasteiger partial charge < -0.3 is 10.2 Å². The summed E-state index contributed by atoms with van der Waals surface area (Å²) < 4.78 is 0. The van der Waals surface area contributed by atoms with Gasteiger partial charge in [-0.25, -0.2) is 0 Å². The number of hydrogen-bond acceptors (Lipinski definition) is 2. The minimum atomic E-state index is 0.545. The topological polar surface area (TPSA) is 15.3 Å². The van der Waals surface area contributed by atoms with Crippen LogP contribution in [0.5, 0.6) is 0 Å². The lowest BCUT2D eigenvalue weighted by Gasteiger charge is -2.30. The lowest BCUT2D eigenvalue weighted by atomic mass is 9.98. The summed E-state index contributed by atoms with van der Waals surface area (Å²) in [5.74, 6) is 0. The van der Waals surface area contributed by atoms with Crippen molar-refractivity contribution in [2.45, 2.75) is 31.7 Å². The minimum Gasteiger partial charge on any atom is -0.364 e. The third-order valence-electron chi connectivity index (χ3n) is 5.12. The van der Waals surface area contributed by atoms with Gasteiger partial charge in [0.2, 0.25) is 0 Å². The highest BCUT2D eigenvalue weighted by atomic mass is 15.2. The van der Waals surface area contributed by atoms with Crippen LogP contribution in [0.3, 0.4) is 0 Å². The molecular weight excluding hydrogens is 268 g/mol. The Morgan fingerprint density at radius 3 is 2.68 bits per heavy atom. The van der Waals surface area contributed by atoms with E-state index >= 15 is 0 Å². The van der Waals surface area contributed by atoms with Gasteiger partial charge in [0.1, 0.15) is 0 Å². The van der Waals surface area contributed by atoms with Crippen LogP contribution in [0.1, 0.15) is 35.6 Å². The van der Waals surface area contributed by atoms with Gasteiger partial charge in [0, 0.05) is 12.2 Å². The highest BCUT2D eigenvalue weighted by molar-refractivity contribution is 5.59. The summed E-state index contributed by atoms with van der Waals surface area (Å²) in [6, 6.07) is 18.5. The molecule has 1 saturated heterocycles. The fourth-order valence-corrected chi connectivity index (χ4v) is 4.05. The number of nitrogens with zero attached hydrogens (tertiary/aromatic N) is 1. The van der Waals surface area contributed by atoms with Crippen molar-refractivity contribution in [3.63, 3.8) is 0 Å². The van der Waals surface area contributed by atoms with E-state index in [1.807, 2.05) is 0 Å². The second kappa shape index (κ2) is 6.13. The molecule has 2 aromatic rings. The van der Waals surface area contributed by atoms with E-state index in [0.717, 1.165) is 25.9 Å². The molecule has 0 amide bonds. The summed E-state index contributed by atoms with van der Waals surface area (Å²) in [4.78, 5) is 2.65. The van der Waals surface area contributed by atoms with E-state index < -0.39 is 0 Å². The zero-order valence-electron chi connectivity index (χ0n) is 13.1. The first-order chi connectivity index (χ1) is 10.9. The van der Waals surface area contributed by atoms with Crippen molar-refractivity contribution in [1.82, 2.24) is 5.32 Å². The number of hydrogen-bond donors (Lipinski definition) is 1. The molecule has 0 radical (unpaired) electrons. The SMILES string of the molecule is c1ccc(C2CCCN2c2cccc3c2CCNCC3)cc1. The fourth-order valence-electron chi connectivity index (χ4n) is 4.05. The van der Waals surface area contributed by atoms with Gasteiger partial charge in [0.15, 0.2) is 0 Å². The fraction of sp³-hybridized carbons (Fsp3) is 0.400. The maximum atomic E-state index is 3.54. The van der Waals surface area contributed by atoms with E-state index in [9.17, 15) is 0 Å². The summed E-state index contributed by atoms with van der Waals surface area (Å²) in [6.07, 6.45) is 4.88. The molecule has 2 aliphatic rings. The lowest BCUT2D eigenvalue weighted by Crippen LogP contribution is -2.24. The van der Waals surface area contributed by atoms with Gasteiger partial charge in [-0.05, 0) is 61.5 Å². The van der Waals surface area contributed by atoms with Gasteiger partial charge in [-0.2, -0.15) is 0 Å². The number of fused-ring (bicyclic) bond motifs is 1. The normalized spacial score (nSPS) is 21.5. The molecule has 0 aliphatic carbocycles. The van der Waals surface area contributed by atoms with Crippen LogP contribution in [-0.4, -0.2) is 19.6 Å². The van der Waals surface area contributed by atoms with Crippen molar-refractivity contribution in [2.75, 3.05) is 24.5 Å². The quantitative estimate of drug-likeness (QED) is 0.907. The highest BCUT2D eigenvalue weighted by Crippen LogP contribution is 2.38. The second-order valence-electron chi connectivity index (χ2n) is 6.43. The first-order valence-electron chi connectivity index (χ1n) is 8.56. The second-order valence-corrected chi connectivity index (χ2v) is 6.43. The third kappa shape index (κ3) is 2.52. The molecule has 2 heteroatoms. The average molecular weight is 292 g/mol. The molecule has 1 N–H and O–H groups in total. The van der Waals surface area contributed by atoms with Crippen LogP contribution >= 0.6 is 0 Å². The van der Waals surface area contributed by atoms with Crippen LogP contribution in [0.25, 0.3) is 0 Å². The van der Waals surface area contributed by atoms with Gasteiger partial charge >= 0.3 is 0 Å². The van der Waals surface area contributed by atoms with E-state index in [-0.39, 0.29) is 0 Å². The van der Waals surface area contributed by atoms with Crippen LogP contribution in [0, 0.1) is 0 Å². The van der Waals surface area contributed by atoms with E-state index in [2.05, 4.69) is 58.7 Å². The Morgan fingerprint density at radius 1 is 0.909 bits per heavy atom. The van der Waals surface area contributed by atoms with Crippen LogP contribution in [0.15, 0.2) is 48.5 Å². The predicted molar refractivity (Wildman–Crippen MR) is 92.5 cm³/mol. The Hall–Kier alpha value is -1.80. The zero-order chi connectivity index (χ0) is 14.8. The van der Waals surface area contributed by atoms with Gasteiger partial charge in [-0.1, -0.05) is 42.5 Å². The van der Waals surface area contributed by atoms with Crippen LogP contribution in [0.2, 0.25) is 0 Å². The molecule has 22 heavy (non-hydrogen) atoms. The maximum absolute atomic E-state index is 3.54. The van der Waals surface area contributed by atoms with Gasteiger partial charge in [-0.3, -0.25) is 0 Å². The maximum Gasteiger partial charge on any atom is 0.0543 e. The highest BCUT2D eigenvalue weighted by Gasteiger charge is 2.28. The number of rotatable bonds is 2. The number of anilines is 1. The van der Waals surface area contributed by atoms with Crippen molar-refractivity contribution < 1.29 is 0 Å². The Bertz CT molecular complexity index is 635. The van der Waals surface area contributed by atoms with Crippen LogP contribution < -0.4 is 10.2 Å². The molecular formula is C20H24N2. The minimum absolute atomic E-state index is 0.545. The summed E-state index contributed by atoms with van der Waals surface area (Å²) >= 11 is 0. The van der Waals surface area contributed by atoms with E-state index in [0.29, 0.717) is 6.04 Å². The van der Waals surface area contributed by atoms with Crippen molar-refractivity contribution in [3.8, 4) is 0 Å². The Kier molecular flexibility index (Phi) is 3.86. The molecule has 2 aliphatic heterocycles. The molecule has 4 rings (SSSR count). The number of benzene rings is 2. The molecule has 1 atom stereocenters. The van der Waals surface area contributed by atoms with E-state index in [4.69, 9.17) is 0 Å². The average Bonchev–Trinajstić information content (AvgIpc) is 2.93. The van der Waals surface area contributed by atoms with Gasteiger partial charge in [-0.15, -0.1) is 0 Å². The van der Waals surface area contributed by atoms with Gasteiger partial charge in [0.05, 0.1) is 6.04 Å². The molecule has 114 valence electrons. The third-order valence-corrected chi connectivity index (χ3v) is 5.12. The zero-order valence-corrected chi connectivity index (χ0v) is 13.1. The predicted octanol–water partition coefficient (Wildman–Crippen LogP) is 3.72. The molecule has 0 bridgehead atoms. The van der Waals surface area contributed by atoms with E-state index in [1.165, 1.54) is 30.6 Å². The number of nitrogens with one attached hydrogen (secondary N) is 1. The standard InChI is InChI=1S/C20H24N2/c1-2-6-17(7-3-1)19-10-5-15-22(19)20-9-4-8-16-11-13-21-14-12-18(16)20/h1-4,6-9,19,21H,5,10-15H2. The molecule has 1 fully saturated rings. The molecule has 0 aromatic heterocycles. The largest absolute Gasteiger partial charge is 0.364 e. The Balaban J connectivity index is 1.72. The van der Waals surface area contributed by atoms with Crippen molar-refractivity contribution in [3.05, 3.63) is 65.2 Å². The summed E-state index contributed by atoms with van der Waals surface area (Å²) in [5.41, 5.74) is 6.06. The molecule has 1 unspecified atom stereocenters. The lowest BCUT2D eigenvalue weighted by molar-refractivity contribution is 0.703. The molecule has 2 heterocycles. The first kappa shape index (κ1) is 13.8. The van der Waals surface area contributed by atoms with Crippen LogP contribution in [0.4, 0.5) is 5.69 Å². The van der Waals surface area contributed by atoms with Gasteiger partial charge in [0.25, 0.3) is 0 Å². The smallest absolute Gasteiger partial charge is 0.0543 e. The van der Waals surface area contributed by atoms with E-state index in [1.54, 1.807) is 11.1 Å². The van der Waals surface area contributed by atoms with Crippen molar-refractivity contribution in [1.29, 1.82) is 0 Å². The Labute approximate surface area is 133 Å². The first-order valence-corrected chi connectivity index (χ1v) is 8.56. The Morgan fingerprint density at radius 2 is 1.77 bits per heavy atom. The monoisotopic (exact) mass is 292 g/mol. The molecule has 0 spiro atoms. The van der Waals surface area contributed by atoms with Crippen LogP contribution in [-0.2, 0) is 12.8 Å². The summed E-state index contributed by atoms with van der Waals surface area (Å²) in [6.45, 7) is 3.40. The molecule has 2 nitrogen and oxygen atoms in total. The molecule has 2 aromatic carbocycles. The van der Waals surface area contributed by atoms with Crippen molar-refractivity contribution in [2.24, 2.45) is 0 Å². The summed E-state index contributed by atoms with van der Waals surface area (Å²) in [7, 11) is 0. The van der Waals surface area contributed by atoms with Crippen molar-refractivity contribution >= 4 is 5.69 Å².